The number of ketones is 1. The second-order valence-electron chi connectivity index (χ2n) is 19.5. The number of carboxylic acid groups (broad SMARTS) is 1. The van der Waals surface area contributed by atoms with E-state index in [1.807, 2.05) is 43.3 Å². The van der Waals surface area contributed by atoms with Crippen LogP contribution in [0.4, 0.5) is 0 Å². The molecule has 0 saturated heterocycles. The topological polar surface area (TPSA) is 144 Å². The molecule has 10 atom stereocenters. The number of hydrogen-bond acceptors (Lipinski definition) is 10. The van der Waals surface area contributed by atoms with Gasteiger partial charge in [-0.25, -0.2) is 0 Å². The summed E-state index contributed by atoms with van der Waals surface area (Å²) in [4.78, 5) is 55.3. The highest BCUT2D eigenvalue weighted by Crippen LogP contribution is 2.75. The van der Waals surface area contributed by atoms with Crippen molar-refractivity contribution in [1.82, 2.24) is 0 Å². The zero-order valence-corrected chi connectivity index (χ0v) is 36.0. The predicted octanol–water partition coefficient (Wildman–Crippen LogP) is 7.77. The Morgan fingerprint density at radius 2 is 1.41 bits per heavy atom. The summed E-state index contributed by atoms with van der Waals surface area (Å²) in [6.07, 6.45) is 7.59. The average Bonchev–Trinajstić information content (AvgIpc) is 3.19. The van der Waals surface area contributed by atoms with Gasteiger partial charge in [0, 0.05) is 13.0 Å². The van der Waals surface area contributed by atoms with Crippen molar-refractivity contribution in [3.05, 3.63) is 47.5 Å². The summed E-state index contributed by atoms with van der Waals surface area (Å²) in [6.45, 7) is 15.9. The van der Waals surface area contributed by atoms with Crippen LogP contribution >= 0.6 is 0 Å². The largest absolute Gasteiger partial charge is 0.481 e. The fraction of sp³-hybridized carbons (Fsp3) is 0.745. The van der Waals surface area contributed by atoms with Crippen LogP contribution in [0.25, 0.3) is 0 Å². The van der Waals surface area contributed by atoms with Crippen LogP contribution in [0, 0.1) is 50.2 Å². The number of carbonyl (C=O) groups excluding carboxylic acids is 3. The normalized spacial score (nSPS) is 38.0. The molecule has 11 heteroatoms. The van der Waals surface area contributed by atoms with E-state index in [9.17, 15) is 24.3 Å². The lowest BCUT2D eigenvalue weighted by Crippen LogP contribution is -2.68. The van der Waals surface area contributed by atoms with Gasteiger partial charge < -0.3 is 33.5 Å². The fourth-order valence-corrected chi connectivity index (χ4v) is 12.5. The molecule has 1 aromatic carbocycles. The molecule has 0 radical (unpaired) electrons. The van der Waals surface area contributed by atoms with Crippen molar-refractivity contribution in [1.29, 1.82) is 0 Å². The van der Waals surface area contributed by atoms with Gasteiger partial charge in [0.05, 0.1) is 58.1 Å². The molecule has 5 aliphatic rings. The summed E-state index contributed by atoms with van der Waals surface area (Å²) < 4.78 is 33.3. The molecule has 1 N–H and O–H groups in total. The van der Waals surface area contributed by atoms with Gasteiger partial charge >= 0.3 is 17.9 Å². The van der Waals surface area contributed by atoms with E-state index in [0.717, 1.165) is 31.2 Å². The lowest BCUT2D eigenvalue weighted by atomic mass is 9.33. The third-order valence-corrected chi connectivity index (χ3v) is 16.2. The lowest BCUT2D eigenvalue weighted by Gasteiger charge is -2.70. The van der Waals surface area contributed by atoms with Crippen LogP contribution in [0.1, 0.15) is 111 Å². The first kappa shape index (κ1) is 44.4. The molecule has 0 aliphatic heterocycles. The van der Waals surface area contributed by atoms with Crippen LogP contribution in [0.2, 0.25) is 0 Å². The van der Waals surface area contributed by atoms with E-state index in [4.69, 9.17) is 28.4 Å². The molecule has 0 spiro atoms. The van der Waals surface area contributed by atoms with Crippen molar-refractivity contribution in [2.75, 3.05) is 53.4 Å². The molecule has 0 unspecified atom stereocenters. The Balaban J connectivity index is 1.14. The van der Waals surface area contributed by atoms with Gasteiger partial charge in [-0.1, -0.05) is 63.6 Å². The number of benzene rings is 1. The van der Waals surface area contributed by atoms with Crippen molar-refractivity contribution >= 4 is 23.7 Å². The fourth-order valence-electron chi connectivity index (χ4n) is 12.5. The lowest BCUT2D eigenvalue weighted by molar-refractivity contribution is -0.221. The van der Waals surface area contributed by atoms with Gasteiger partial charge in [0.15, 0.2) is 5.78 Å². The Labute approximate surface area is 345 Å². The number of rotatable bonds is 17. The quantitative estimate of drug-likeness (QED) is 0.122. The Hall–Kier alpha value is -3.12. The van der Waals surface area contributed by atoms with Crippen LogP contribution in [-0.4, -0.2) is 88.3 Å². The molecule has 11 nitrogen and oxygen atoms in total. The molecule has 4 saturated carbocycles. The smallest absolute Gasteiger partial charge is 0.313 e. The van der Waals surface area contributed by atoms with Gasteiger partial charge in [0.2, 0.25) is 0 Å². The third-order valence-electron chi connectivity index (χ3n) is 16.2. The molecule has 0 heterocycles. The van der Waals surface area contributed by atoms with E-state index in [0.29, 0.717) is 71.7 Å². The SMILES string of the molecule is COCCOCCOCCOCCC(=O)O[C@H]1CC[C@@]2(C)[C@@H](CC[C@]3(C)[C@@H]2C(=O)C=C2[C@@H]4C[C@@](C)(C(=O)OCc5ccccc5)CC[C@]4(C)CC[C@]23C)[C@]1(C)C(=O)O. The van der Waals surface area contributed by atoms with Crippen LogP contribution in [0.3, 0.4) is 0 Å². The summed E-state index contributed by atoms with van der Waals surface area (Å²) in [5, 5.41) is 11.0. The summed E-state index contributed by atoms with van der Waals surface area (Å²) in [6, 6.07) is 9.76. The molecule has 5 aliphatic carbocycles. The number of methoxy groups -OCH3 is 1. The van der Waals surface area contributed by atoms with Crippen LogP contribution in [0.5, 0.6) is 0 Å². The number of carboxylic acids is 1. The molecule has 6 rings (SSSR count). The first-order valence-corrected chi connectivity index (χ1v) is 21.6. The predicted molar refractivity (Wildman–Crippen MR) is 216 cm³/mol. The number of aliphatic carboxylic acids is 1. The van der Waals surface area contributed by atoms with E-state index >= 15 is 0 Å². The highest BCUT2D eigenvalue weighted by Gasteiger charge is 2.72. The Bertz CT molecular complexity index is 1690. The zero-order valence-electron chi connectivity index (χ0n) is 36.0. The standard InChI is InChI=1S/C47H68O11/c1-42-18-19-43(2,41(52)57-31-32-11-9-8-10-12-32)30-34(42)33-29-35(48)39-44(3)16-14-37(58-38(49)15-22-54-25-26-56-28-27-55-24-23-53-7)47(6,40(50)51)36(44)13-17-46(39,5)45(33,4)21-20-42/h8-12,29,34,36-37,39H,13-28,30-31H2,1-7H3,(H,50,51)/t34-,36+,37-,39+,42+,43-,44-,45+,46+,47-/m0/s1. The molecule has 1 aromatic rings. The Morgan fingerprint density at radius 3 is 2.07 bits per heavy atom. The van der Waals surface area contributed by atoms with E-state index < -0.39 is 39.7 Å². The van der Waals surface area contributed by atoms with Gasteiger partial charge in [0.25, 0.3) is 0 Å². The minimum atomic E-state index is -1.37. The van der Waals surface area contributed by atoms with Gasteiger partial charge in [-0.3, -0.25) is 19.2 Å². The summed E-state index contributed by atoms with van der Waals surface area (Å²) >= 11 is 0. The Kier molecular flexibility index (Phi) is 13.4. The summed E-state index contributed by atoms with van der Waals surface area (Å²) in [7, 11) is 1.62. The van der Waals surface area contributed by atoms with Crippen molar-refractivity contribution in [3.8, 4) is 0 Å². The van der Waals surface area contributed by atoms with Gasteiger partial charge in [0.1, 0.15) is 18.1 Å². The van der Waals surface area contributed by atoms with Crippen LogP contribution < -0.4 is 0 Å². The van der Waals surface area contributed by atoms with E-state index in [2.05, 4.69) is 27.7 Å². The first-order chi connectivity index (χ1) is 27.5. The number of fused-ring (bicyclic) bond motifs is 7. The molecule has 58 heavy (non-hydrogen) atoms. The highest BCUT2D eigenvalue weighted by atomic mass is 16.6. The number of esters is 2. The third kappa shape index (κ3) is 8.06. The summed E-state index contributed by atoms with van der Waals surface area (Å²) in [5.74, 6) is -2.28. The monoisotopic (exact) mass is 808 g/mol. The molecular formula is C47H68O11. The molecule has 0 aromatic heterocycles. The van der Waals surface area contributed by atoms with Crippen molar-refractivity contribution in [2.24, 2.45) is 50.2 Å². The van der Waals surface area contributed by atoms with Gasteiger partial charge in [-0.15, -0.1) is 0 Å². The minimum absolute atomic E-state index is 0.00323. The molecule has 4 fully saturated rings. The maximum absolute atomic E-state index is 14.9. The second kappa shape index (κ2) is 17.5. The average molecular weight is 809 g/mol. The maximum Gasteiger partial charge on any atom is 0.313 e. The molecular weight excluding hydrogens is 741 g/mol. The van der Waals surface area contributed by atoms with Crippen molar-refractivity contribution in [2.45, 2.75) is 118 Å². The maximum atomic E-state index is 14.9. The zero-order chi connectivity index (χ0) is 42.0. The molecule has 322 valence electrons. The Morgan fingerprint density at radius 1 is 0.776 bits per heavy atom. The van der Waals surface area contributed by atoms with E-state index in [-0.39, 0.29) is 60.0 Å². The molecule has 0 bridgehead atoms. The van der Waals surface area contributed by atoms with Crippen molar-refractivity contribution in [3.63, 3.8) is 0 Å². The van der Waals surface area contributed by atoms with Crippen LogP contribution in [0.15, 0.2) is 42.0 Å². The van der Waals surface area contributed by atoms with Gasteiger partial charge in [-0.2, -0.15) is 0 Å². The van der Waals surface area contributed by atoms with E-state index in [1.54, 1.807) is 14.0 Å². The number of carbonyl (C=O) groups is 4. The first-order valence-electron chi connectivity index (χ1n) is 21.6. The molecule has 0 amide bonds. The number of hydrogen-bond donors (Lipinski definition) is 1. The number of ether oxygens (including phenoxy) is 6. The highest BCUT2D eigenvalue weighted by molar-refractivity contribution is 5.96. The van der Waals surface area contributed by atoms with Gasteiger partial charge in [-0.05, 0) is 117 Å². The second-order valence-corrected chi connectivity index (χ2v) is 19.5. The minimum Gasteiger partial charge on any atom is -0.481 e. The van der Waals surface area contributed by atoms with E-state index in [1.165, 1.54) is 5.57 Å². The van der Waals surface area contributed by atoms with Crippen LogP contribution in [-0.2, 0) is 54.2 Å². The number of allylic oxidation sites excluding steroid dienone is 2. The summed E-state index contributed by atoms with van der Waals surface area (Å²) in [5.41, 5.74) is -1.26. The van der Waals surface area contributed by atoms with Crippen molar-refractivity contribution < 1.29 is 52.7 Å².